The van der Waals surface area contributed by atoms with Crippen LogP contribution in [0, 0.1) is 0 Å². The lowest BCUT2D eigenvalue weighted by Crippen LogP contribution is -2.29. The summed E-state index contributed by atoms with van der Waals surface area (Å²) in [7, 11) is 0. The third-order valence-electron chi connectivity index (χ3n) is 3.23. The molecule has 18 heavy (non-hydrogen) atoms. The molecule has 1 aliphatic rings. The van der Waals surface area contributed by atoms with E-state index in [9.17, 15) is 4.79 Å². The molecule has 1 aromatic heterocycles. The van der Waals surface area contributed by atoms with Crippen LogP contribution in [0.3, 0.4) is 0 Å². The van der Waals surface area contributed by atoms with Crippen molar-refractivity contribution < 1.29 is 4.79 Å². The molecular weight excluding hydrogens is 228 g/mol. The summed E-state index contributed by atoms with van der Waals surface area (Å²) >= 11 is 0. The Morgan fingerprint density at radius 3 is 2.61 bits per heavy atom. The summed E-state index contributed by atoms with van der Waals surface area (Å²) < 4.78 is 0. The highest BCUT2D eigenvalue weighted by Gasteiger charge is 2.28. The van der Waals surface area contributed by atoms with Gasteiger partial charge in [-0.05, 0) is 18.6 Å². The highest BCUT2D eigenvalue weighted by atomic mass is 16.2. The first kappa shape index (κ1) is 11.0. The zero-order valence-electron chi connectivity index (χ0n) is 9.94. The van der Waals surface area contributed by atoms with Crippen LogP contribution in [-0.4, -0.2) is 38.9 Å². The first-order chi connectivity index (χ1) is 8.84. The minimum absolute atomic E-state index is 0.0882. The predicted molar refractivity (Wildman–Crippen MR) is 66.0 cm³/mol. The van der Waals surface area contributed by atoms with Gasteiger partial charge in [-0.15, -0.1) is 0 Å². The van der Waals surface area contributed by atoms with Gasteiger partial charge in [0, 0.05) is 18.7 Å². The van der Waals surface area contributed by atoms with E-state index in [-0.39, 0.29) is 11.9 Å². The molecule has 1 amide bonds. The van der Waals surface area contributed by atoms with Gasteiger partial charge >= 0.3 is 0 Å². The molecule has 1 aromatic carbocycles. The van der Waals surface area contributed by atoms with Gasteiger partial charge in [0.1, 0.15) is 0 Å². The van der Waals surface area contributed by atoms with Gasteiger partial charge in [0.25, 0.3) is 5.91 Å². The van der Waals surface area contributed by atoms with E-state index in [1.165, 1.54) is 0 Å². The lowest BCUT2D eigenvalue weighted by Gasteiger charge is -2.16. The minimum Gasteiger partial charge on any atom is -0.336 e. The number of likely N-dealkylation sites (tertiary alicyclic amines) is 1. The van der Waals surface area contributed by atoms with Crippen LogP contribution in [0.15, 0.2) is 42.7 Å². The van der Waals surface area contributed by atoms with Crippen LogP contribution in [-0.2, 0) is 0 Å². The average Bonchev–Trinajstić information content (AvgIpc) is 3.09. The maximum Gasteiger partial charge on any atom is 0.253 e. The third kappa shape index (κ3) is 1.99. The van der Waals surface area contributed by atoms with E-state index in [2.05, 4.69) is 10.2 Å². The first-order valence-electron chi connectivity index (χ1n) is 6.05. The summed E-state index contributed by atoms with van der Waals surface area (Å²) in [5, 5.41) is 8.26. The molecule has 1 aliphatic heterocycles. The van der Waals surface area contributed by atoms with Gasteiger partial charge in [0.15, 0.2) is 0 Å². The SMILES string of the molecule is O=C(c1ccccc1)N1CCC(n2nccn2)C1. The first-order valence-corrected chi connectivity index (χ1v) is 6.05. The standard InChI is InChI=1S/C13H14N4O/c18-13(11-4-2-1-3-5-11)16-9-6-12(10-16)17-14-7-8-15-17/h1-5,7-8,12H,6,9-10H2. The van der Waals surface area contributed by atoms with E-state index in [0.29, 0.717) is 6.54 Å². The molecule has 1 saturated heterocycles. The van der Waals surface area contributed by atoms with Crippen molar-refractivity contribution in [1.82, 2.24) is 19.9 Å². The van der Waals surface area contributed by atoms with Crippen LogP contribution in [0.4, 0.5) is 0 Å². The fourth-order valence-corrected chi connectivity index (χ4v) is 2.29. The van der Waals surface area contributed by atoms with Crippen LogP contribution in [0.2, 0.25) is 0 Å². The molecule has 92 valence electrons. The Balaban J connectivity index is 1.71. The molecule has 3 rings (SSSR count). The molecule has 1 unspecified atom stereocenters. The Bertz CT molecular complexity index is 523. The molecule has 0 saturated carbocycles. The highest BCUT2D eigenvalue weighted by molar-refractivity contribution is 5.94. The van der Waals surface area contributed by atoms with E-state index in [1.807, 2.05) is 35.2 Å². The summed E-state index contributed by atoms with van der Waals surface area (Å²) in [6.45, 7) is 1.45. The molecule has 2 aromatic rings. The maximum absolute atomic E-state index is 12.2. The second-order valence-corrected chi connectivity index (χ2v) is 4.41. The second-order valence-electron chi connectivity index (χ2n) is 4.41. The van der Waals surface area contributed by atoms with E-state index in [4.69, 9.17) is 0 Å². The van der Waals surface area contributed by atoms with Gasteiger partial charge < -0.3 is 4.90 Å². The van der Waals surface area contributed by atoms with Gasteiger partial charge in [0.05, 0.1) is 18.4 Å². The topological polar surface area (TPSA) is 51.0 Å². The number of hydrogen-bond donors (Lipinski definition) is 0. The van der Waals surface area contributed by atoms with Crippen LogP contribution in [0.25, 0.3) is 0 Å². The van der Waals surface area contributed by atoms with Crippen molar-refractivity contribution in [3.63, 3.8) is 0 Å². The van der Waals surface area contributed by atoms with Crippen LogP contribution in [0.1, 0.15) is 22.8 Å². The molecule has 0 N–H and O–H groups in total. The number of amides is 1. The summed E-state index contributed by atoms with van der Waals surface area (Å²) in [5.74, 6) is 0.0882. The number of rotatable bonds is 2. The zero-order valence-corrected chi connectivity index (χ0v) is 9.94. The maximum atomic E-state index is 12.2. The van der Waals surface area contributed by atoms with Gasteiger partial charge in [-0.2, -0.15) is 15.0 Å². The van der Waals surface area contributed by atoms with Crippen molar-refractivity contribution in [3.05, 3.63) is 48.3 Å². The number of aromatic nitrogens is 3. The summed E-state index contributed by atoms with van der Waals surface area (Å²) in [4.78, 5) is 15.8. The van der Waals surface area contributed by atoms with Crippen LogP contribution >= 0.6 is 0 Å². The Morgan fingerprint density at radius 1 is 1.17 bits per heavy atom. The number of benzene rings is 1. The molecule has 1 fully saturated rings. The van der Waals surface area contributed by atoms with Crippen molar-refractivity contribution in [2.45, 2.75) is 12.5 Å². The van der Waals surface area contributed by atoms with Gasteiger partial charge in [-0.25, -0.2) is 0 Å². The number of nitrogens with zero attached hydrogens (tertiary/aromatic N) is 4. The normalized spacial score (nSPS) is 19.1. The minimum atomic E-state index is 0.0882. The summed E-state index contributed by atoms with van der Waals surface area (Å²) in [5.41, 5.74) is 0.742. The Hall–Kier alpha value is -2.17. The Morgan fingerprint density at radius 2 is 1.89 bits per heavy atom. The molecule has 5 nitrogen and oxygen atoms in total. The van der Waals surface area contributed by atoms with E-state index < -0.39 is 0 Å². The average molecular weight is 242 g/mol. The van der Waals surface area contributed by atoms with Gasteiger partial charge in [0.2, 0.25) is 0 Å². The van der Waals surface area contributed by atoms with Crippen LogP contribution in [0.5, 0.6) is 0 Å². The fraction of sp³-hybridized carbons (Fsp3) is 0.308. The smallest absolute Gasteiger partial charge is 0.253 e. The monoisotopic (exact) mass is 242 g/mol. The van der Waals surface area contributed by atoms with E-state index >= 15 is 0 Å². The second kappa shape index (κ2) is 4.60. The van der Waals surface area contributed by atoms with Crippen molar-refractivity contribution in [2.75, 3.05) is 13.1 Å². The van der Waals surface area contributed by atoms with Crippen molar-refractivity contribution in [3.8, 4) is 0 Å². The Kier molecular flexibility index (Phi) is 2.80. The molecule has 0 radical (unpaired) electrons. The molecule has 0 aliphatic carbocycles. The molecule has 0 bridgehead atoms. The van der Waals surface area contributed by atoms with Gasteiger partial charge in [-0.1, -0.05) is 18.2 Å². The molecular formula is C13H14N4O. The predicted octanol–water partition coefficient (Wildman–Crippen LogP) is 1.37. The van der Waals surface area contributed by atoms with Gasteiger partial charge in [-0.3, -0.25) is 4.79 Å². The lowest BCUT2D eigenvalue weighted by atomic mass is 10.2. The third-order valence-corrected chi connectivity index (χ3v) is 3.23. The van der Waals surface area contributed by atoms with E-state index in [0.717, 1.165) is 18.5 Å². The highest BCUT2D eigenvalue weighted by Crippen LogP contribution is 2.21. The molecule has 5 heteroatoms. The van der Waals surface area contributed by atoms with Crippen LogP contribution < -0.4 is 0 Å². The fourth-order valence-electron chi connectivity index (χ4n) is 2.29. The van der Waals surface area contributed by atoms with Crippen molar-refractivity contribution in [2.24, 2.45) is 0 Å². The zero-order chi connectivity index (χ0) is 12.4. The van der Waals surface area contributed by atoms with E-state index in [1.54, 1.807) is 17.2 Å². The number of hydrogen-bond acceptors (Lipinski definition) is 3. The quantitative estimate of drug-likeness (QED) is 0.799. The van der Waals surface area contributed by atoms with Crippen molar-refractivity contribution >= 4 is 5.91 Å². The Labute approximate surface area is 105 Å². The molecule has 0 spiro atoms. The number of carbonyl (C=O) groups is 1. The number of carbonyl (C=O) groups excluding carboxylic acids is 1. The largest absolute Gasteiger partial charge is 0.336 e. The lowest BCUT2D eigenvalue weighted by molar-refractivity contribution is 0.0786. The molecule has 2 heterocycles. The van der Waals surface area contributed by atoms with Crippen molar-refractivity contribution in [1.29, 1.82) is 0 Å². The summed E-state index contributed by atoms with van der Waals surface area (Å²) in [6, 6.07) is 9.58. The summed E-state index contributed by atoms with van der Waals surface area (Å²) in [6.07, 6.45) is 4.25. The molecule has 1 atom stereocenters.